The van der Waals surface area contributed by atoms with Crippen molar-refractivity contribution in [3.8, 4) is 11.3 Å². The zero-order chi connectivity index (χ0) is 15.0. The SMILES string of the molecule is Cc1ccccc1-c1ccc2cccc(C(F)(F)F)c2n1. The van der Waals surface area contributed by atoms with E-state index in [0.29, 0.717) is 11.1 Å². The highest BCUT2D eigenvalue weighted by atomic mass is 19.4. The lowest BCUT2D eigenvalue weighted by Crippen LogP contribution is -2.06. The molecular weight excluding hydrogens is 275 g/mol. The van der Waals surface area contributed by atoms with Crippen molar-refractivity contribution in [3.63, 3.8) is 0 Å². The summed E-state index contributed by atoms with van der Waals surface area (Å²) in [5, 5.41) is 0.488. The predicted octanol–water partition coefficient (Wildman–Crippen LogP) is 5.23. The molecule has 0 radical (unpaired) electrons. The van der Waals surface area contributed by atoms with Gasteiger partial charge in [0.15, 0.2) is 0 Å². The zero-order valence-corrected chi connectivity index (χ0v) is 11.3. The third-order valence-corrected chi connectivity index (χ3v) is 3.45. The Hall–Kier alpha value is -2.36. The number of hydrogen-bond donors (Lipinski definition) is 0. The topological polar surface area (TPSA) is 12.9 Å². The van der Waals surface area contributed by atoms with Gasteiger partial charge in [-0.3, -0.25) is 0 Å². The lowest BCUT2D eigenvalue weighted by molar-refractivity contribution is -0.136. The molecule has 21 heavy (non-hydrogen) atoms. The maximum absolute atomic E-state index is 13.1. The fourth-order valence-electron chi connectivity index (χ4n) is 2.39. The Balaban J connectivity index is 2.27. The molecule has 0 bridgehead atoms. The summed E-state index contributed by atoms with van der Waals surface area (Å²) in [7, 11) is 0. The highest BCUT2D eigenvalue weighted by Gasteiger charge is 2.33. The van der Waals surface area contributed by atoms with Gasteiger partial charge in [-0.25, -0.2) is 4.98 Å². The molecule has 0 spiro atoms. The molecule has 1 aromatic heterocycles. The molecule has 4 heteroatoms. The average molecular weight is 287 g/mol. The minimum absolute atomic E-state index is 0.00856. The van der Waals surface area contributed by atoms with E-state index in [1.807, 2.05) is 31.2 Å². The van der Waals surface area contributed by atoms with E-state index in [2.05, 4.69) is 4.98 Å². The largest absolute Gasteiger partial charge is 0.418 e. The summed E-state index contributed by atoms with van der Waals surface area (Å²) in [5.74, 6) is 0. The number of aryl methyl sites for hydroxylation is 1. The summed E-state index contributed by atoms with van der Waals surface area (Å²) in [6.07, 6.45) is -4.41. The molecule has 0 aliphatic rings. The van der Waals surface area contributed by atoms with Gasteiger partial charge in [0.25, 0.3) is 0 Å². The lowest BCUT2D eigenvalue weighted by Gasteiger charge is -2.11. The molecule has 1 heterocycles. The Morgan fingerprint density at radius 3 is 2.33 bits per heavy atom. The van der Waals surface area contributed by atoms with E-state index in [9.17, 15) is 13.2 Å². The molecule has 0 fully saturated rings. The molecule has 106 valence electrons. The zero-order valence-electron chi connectivity index (χ0n) is 11.3. The van der Waals surface area contributed by atoms with Crippen LogP contribution >= 0.6 is 0 Å². The minimum Gasteiger partial charge on any atom is -0.247 e. The van der Waals surface area contributed by atoms with E-state index in [-0.39, 0.29) is 5.52 Å². The number of fused-ring (bicyclic) bond motifs is 1. The van der Waals surface area contributed by atoms with Crippen molar-refractivity contribution in [3.05, 3.63) is 65.7 Å². The van der Waals surface area contributed by atoms with Crippen molar-refractivity contribution in [2.24, 2.45) is 0 Å². The summed E-state index contributed by atoms with van der Waals surface area (Å²) >= 11 is 0. The van der Waals surface area contributed by atoms with Crippen LogP contribution in [0.5, 0.6) is 0 Å². The number of aromatic nitrogens is 1. The van der Waals surface area contributed by atoms with Crippen LogP contribution in [0.15, 0.2) is 54.6 Å². The van der Waals surface area contributed by atoms with Gasteiger partial charge in [-0.1, -0.05) is 42.5 Å². The van der Waals surface area contributed by atoms with Crippen LogP contribution in [0.4, 0.5) is 13.2 Å². The summed E-state index contributed by atoms with van der Waals surface area (Å²) < 4.78 is 39.3. The highest BCUT2D eigenvalue weighted by molar-refractivity contribution is 5.85. The first-order valence-electron chi connectivity index (χ1n) is 6.50. The van der Waals surface area contributed by atoms with Gasteiger partial charge in [-0.05, 0) is 24.6 Å². The van der Waals surface area contributed by atoms with Gasteiger partial charge in [0.2, 0.25) is 0 Å². The fourth-order valence-corrected chi connectivity index (χ4v) is 2.39. The van der Waals surface area contributed by atoms with Gasteiger partial charge in [0.05, 0.1) is 16.8 Å². The van der Waals surface area contributed by atoms with Crippen LogP contribution in [0, 0.1) is 6.92 Å². The normalized spacial score (nSPS) is 11.8. The highest BCUT2D eigenvalue weighted by Crippen LogP contribution is 2.35. The number of halogens is 3. The second kappa shape index (κ2) is 4.88. The second-order valence-corrected chi connectivity index (χ2v) is 4.89. The van der Waals surface area contributed by atoms with Crippen LogP contribution in [-0.2, 0) is 6.18 Å². The van der Waals surface area contributed by atoms with E-state index in [1.165, 1.54) is 6.07 Å². The molecule has 0 unspecified atom stereocenters. The Labute approximate surface area is 120 Å². The number of hydrogen-bond acceptors (Lipinski definition) is 1. The van der Waals surface area contributed by atoms with Gasteiger partial charge in [0.1, 0.15) is 0 Å². The Kier molecular flexibility index (Phi) is 3.16. The van der Waals surface area contributed by atoms with Crippen LogP contribution in [0.25, 0.3) is 22.2 Å². The molecule has 2 aromatic carbocycles. The smallest absolute Gasteiger partial charge is 0.247 e. The number of pyridine rings is 1. The molecule has 3 aromatic rings. The number of para-hydroxylation sites is 1. The molecule has 0 aliphatic heterocycles. The lowest BCUT2D eigenvalue weighted by atomic mass is 10.0. The molecule has 0 atom stereocenters. The molecule has 0 saturated heterocycles. The second-order valence-electron chi connectivity index (χ2n) is 4.89. The number of alkyl halides is 3. The van der Waals surface area contributed by atoms with E-state index in [4.69, 9.17) is 0 Å². The summed E-state index contributed by atoms with van der Waals surface area (Å²) in [6.45, 7) is 1.91. The molecular formula is C17H12F3N. The number of benzene rings is 2. The van der Waals surface area contributed by atoms with Gasteiger partial charge in [0, 0.05) is 10.9 Å². The molecule has 1 nitrogen and oxygen atoms in total. The van der Waals surface area contributed by atoms with Crippen molar-refractivity contribution in [2.45, 2.75) is 13.1 Å². The van der Waals surface area contributed by atoms with Crippen LogP contribution in [0.2, 0.25) is 0 Å². The number of rotatable bonds is 1. The summed E-state index contributed by atoms with van der Waals surface area (Å²) in [6, 6.07) is 15.1. The molecule has 0 N–H and O–H groups in total. The summed E-state index contributed by atoms with van der Waals surface area (Å²) in [4.78, 5) is 4.25. The molecule has 0 saturated carbocycles. The Bertz CT molecular complexity index is 806. The van der Waals surface area contributed by atoms with Crippen LogP contribution in [-0.4, -0.2) is 4.98 Å². The van der Waals surface area contributed by atoms with Crippen molar-refractivity contribution in [2.75, 3.05) is 0 Å². The van der Waals surface area contributed by atoms with Gasteiger partial charge >= 0.3 is 6.18 Å². The van der Waals surface area contributed by atoms with E-state index < -0.39 is 11.7 Å². The molecule has 0 amide bonds. The number of nitrogens with zero attached hydrogens (tertiary/aromatic N) is 1. The molecule has 3 rings (SSSR count). The van der Waals surface area contributed by atoms with Gasteiger partial charge in [-0.15, -0.1) is 0 Å². The third-order valence-electron chi connectivity index (χ3n) is 3.45. The van der Waals surface area contributed by atoms with Crippen molar-refractivity contribution >= 4 is 10.9 Å². The van der Waals surface area contributed by atoms with Crippen LogP contribution in [0.1, 0.15) is 11.1 Å². The molecule has 0 aliphatic carbocycles. The Morgan fingerprint density at radius 2 is 1.62 bits per heavy atom. The van der Waals surface area contributed by atoms with Crippen LogP contribution < -0.4 is 0 Å². The van der Waals surface area contributed by atoms with E-state index in [0.717, 1.165) is 17.2 Å². The average Bonchev–Trinajstić information content (AvgIpc) is 2.45. The first kappa shape index (κ1) is 13.6. The van der Waals surface area contributed by atoms with Crippen LogP contribution in [0.3, 0.4) is 0 Å². The van der Waals surface area contributed by atoms with Crippen molar-refractivity contribution in [1.82, 2.24) is 4.98 Å². The third kappa shape index (κ3) is 2.49. The standard InChI is InChI=1S/C17H12F3N/c1-11-5-2-3-7-13(11)15-10-9-12-6-4-8-14(16(12)21-15)17(18,19)20/h2-10H,1H3. The maximum atomic E-state index is 13.1. The minimum atomic E-state index is -4.41. The van der Waals surface area contributed by atoms with E-state index in [1.54, 1.807) is 18.2 Å². The van der Waals surface area contributed by atoms with E-state index >= 15 is 0 Å². The fraction of sp³-hybridized carbons (Fsp3) is 0.118. The first-order chi connectivity index (χ1) is 9.97. The predicted molar refractivity (Wildman–Crippen MR) is 76.9 cm³/mol. The van der Waals surface area contributed by atoms with Crippen molar-refractivity contribution < 1.29 is 13.2 Å². The van der Waals surface area contributed by atoms with Gasteiger partial charge in [-0.2, -0.15) is 13.2 Å². The summed E-state index contributed by atoms with van der Waals surface area (Å²) in [5.41, 5.74) is 1.67. The monoisotopic (exact) mass is 287 g/mol. The Morgan fingerprint density at radius 1 is 0.857 bits per heavy atom. The first-order valence-corrected chi connectivity index (χ1v) is 6.50. The maximum Gasteiger partial charge on any atom is 0.418 e. The van der Waals surface area contributed by atoms with Gasteiger partial charge < -0.3 is 0 Å². The van der Waals surface area contributed by atoms with Crippen molar-refractivity contribution in [1.29, 1.82) is 0 Å². The quantitative estimate of drug-likeness (QED) is 0.597.